The number of nitrogens with one attached hydrogen (secondary N) is 2. The van der Waals surface area contributed by atoms with Crippen LogP contribution in [0.2, 0.25) is 0 Å². The van der Waals surface area contributed by atoms with Crippen LogP contribution >= 0.6 is 15.9 Å². The number of anilines is 2. The van der Waals surface area contributed by atoms with Crippen LogP contribution in [0.3, 0.4) is 0 Å². The van der Waals surface area contributed by atoms with E-state index in [0.717, 1.165) is 21.4 Å². The lowest BCUT2D eigenvalue weighted by Crippen LogP contribution is -2.20. The van der Waals surface area contributed by atoms with E-state index in [2.05, 4.69) is 26.6 Å². The third kappa shape index (κ3) is 3.79. The van der Waals surface area contributed by atoms with E-state index < -0.39 is 0 Å². The minimum atomic E-state index is -0.257. The standard InChI is InChI=1S/C18H17BrN2O2/c1-11-5-4-6-12(9-11)20-17(22)13-10-14(13)18(23)21-16-8-3-2-7-15(16)19/h2-9,13-14H,10H2,1H3,(H,20,22)(H,21,23). The van der Waals surface area contributed by atoms with Crippen LogP contribution in [0, 0.1) is 18.8 Å². The number of halogens is 1. The van der Waals surface area contributed by atoms with Crippen LogP contribution in [0.4, 0.5) is 11.4 Å². The zero-order chi connectivity index (χ0) is 16.4. The number of carbonyl (C=O) groups excluding carboxylic acids is 2. The second-order valence-electron chi connectivity index (χ2n) is 5.78. The number of amides is 2. The molecule has 4 nitrogen and oxygen atoms in total. The predicted molar refractivity (Wildman–Crippen MR) is 94.2 cm³/mol. The second kappa shape index (κ2) is 6.54. The summed E-state index contributed by atoms with van der Waals surface area (Å²) in [6, 6.07) is 15.1. The Morgan fingerprint density at radius 2 is 1.70 bits per heavy atom. The van der Waals surface area contributed by atoms with E-state index in [9.17, 15) is 9.59 Å². The summed E-state index contributed by atoms with van der Waals surface area (Å²) in [5, 5.41) is 5.74. The van der Waals surface area contributed by atoms with E-state index >= 15 is 0 Å². The van der Waals surface area contributed by atoms with E-state index in [1.165, 1.54) is 0 Å². The van der Waals surface area contributed by atoms with Crippen molar-refractivity contribution in [1.29, 1.82) is 0 Å². The molecule has 0 heterocycles. The fraction of sp³-hybridized carbons (Fsp3) is 0.222. The highest BCUT2D eigenvalue weighted by molar-refractivity contribution is 9.10. The van der Waals surface area contributed by atoms with Gasteiger partial charge in [-0.15, -0.1) is 0 Å². The number of hydrogen-bond acceptors (Lipinski definition) is 2. The van der Waals surface area contributed by atoms with E-state index in [1.807, 2.05) is 55.5 Å². The molecule has 1 saturated carbocycles. The summed E-state index contributed by atoms with van der Waals surface area (Å²) < 4.78 is 0.828. The summed E-state index contributed by atoms with van der Waals surface area (Å²) in [4.78, 5) is 24.5. The average Bonchev–Trinajstić information content (AvgIpc) is 3.30. The van der Waals surface area contributed by atoms with Crippen LogP contribution in [0.1, 0.15) is 12.0 Å². The van der Waals surface area contributed by atoms with E-state index in [4.69, 9.17) is 0 Å². The molecule has 0 aliphatic heterocycles. The largest absolute Gasteiger partial charge is 0.326 e. The Morgan fingerprint density at radius 3 is 2.39 bits per heavy atom. The van der Waals surface area contributed by atoms with Crippen molar-refractivity contribution in [3.8, 4) is 0 Å². The maximum Gasteiger partial charge on any atom is 0.228 e. The molecule has 0 spiro atoms. The first-order valence-electron chi connectivity index (χ1n) is 7.47. The summed E-state index contributed by atoms with van der Waals surface area (Å²) in [5.74, 6) is -0.714. The second-order valence-corrected chi connectivity index (χ2v) is 6.63. The monoisotopic (exact) mass is 372 g/mol. The van der Waals surface area contributed by atoms with Crippen LogP contribution < -0.4 is 10.6 Å². The number of hydrogen-bond donors (Lipinski definition) is 2. The molecule has 2 atom stereocenters. The van der Waals surface area contributed by atoms with Gasteiger partial charge in [0, 0.05) is 10.2 Å². The Bertz CT molecular complexity index is 760. The summed E-state index contributed by atoms with van der Waals surface area (Å²) >= 11 is 3.40. The Morgan fingerprint density at radius 1 is 1.00 bits per heavy atom. The van der Waals surface area contributed by atoms with Gasteiger partial charge in [-0.1, -0.05) is 24.3 Å². The Labute approximate surface area is 143 Å². The van der Waals surface area contributed by atoms with Crippen LogP contribution in [-0.4, -0.2) is 11.8 Å². The Hall–Kier alpha value is -2.14. The summed E-state index contributed by atoms with van der Waals surface area (Å²) in [5.41, 5.74) is 2.58. The van der Waals surface area contributed by atoms with E-state index in [1.54, 1.807) is 0 Å². The molecule has 3 rings (SSSR count). The molecule has 5 heteroatoms. The first kappa shape index (κ1) is 15.7. The third-order valence-corrected chi connectivity index (χ3v) is 4.57. The molecule has 1 aliphatic rings. The number of carbonyl (C=O) groups is 2. The summed E-state index contributed by atoms with van der Waals surface area (Å²) in [6.07, 6.45) is 0.591. The van der Waals surface area contributed by atoms with Crippen LogP contribution in [-0.2, 0) is 9.59 Å². The molecule has 2 amide bonds. The molecule has 0 saturated heterocycles. The van der Waals surface area contributed by atoms with Gasteiger partial charge in [0.2, 0.25) is 11.8 Å². The number of aryl methyl sites for hydroxylation is 1. The maximum atomic E-state index is 12.2. The number of rotatable bonds is 4. The van der Waals surface area contributed by atoms with E-state index in [-0.39, 0.29) is 23.7 Å². The van der Waals surface area contributed by atoms with Crippen molar-refractivity contribution in [1.82, 2.24) is 0 Å². The van der Waals surface area contributed by atoms with E-state index in [0.29, 0.717) is 6.42 Å². The highest BCUT2D eigenvalue weighted by Crippen LogP contribution is 2.40. The fourth-order valence-corrected chi connectivity index (χ4v) is 2.90. The minimum absolute atomic E-state index is 0.0946. The molecule has 2 unspecified atom stereocenters. The molecule has 1 fully saturated rings. The maximum absolute atomic E-state index is 12.2. The fourth-order valence-electron chi connectivity index (χ4n) is 2.52. The molecule has 23 heavy (non-hydrogen) atoms. The van der Waals surface area contributed by atoms with Gasteiger partial charge in [0.15, 0.2) is 0 Å². The Kier molecular flexibility index (Phi) is 4.48. The lowest BCUT2D eigenvalue weighted by molar-refractivity contribution is -0.122. The molecular weight excluding hydrogens is 356 g/mol. The van der Waals surface area contributed by atoms with Gasteiger partial charge < -0.3 is 10.6 Å². The van der Waals surface area contributed by atoms with Gasteiger partial charge in [0.1, 0.15) is 0 Å². The zero-order valence-electron chi connectivity index (χ0n) is 12.7. The molecule has 2 N–H and O–H groups in total. The van der Waals surface area contributed by atoms with Gasteiger partial charge in [-0.3, -0.25) is 9.59 Å². The topological polar surface area (TPSA) is 58.2 Å². The van der Waals surface area contributed by atoms with Gasteiger partial charge in [0.05, 0.1) is 17.5 Å². The Balaban J connectivity index is 1.57. The zero-order valence-corrected chi connectivity index (χ0v) is 14.3. The van der Waals surface area contributed by atoms with Gasteiger partial charge in [-0.25, -0.2) is 0 Å². The molecule has 118 valence electrons. The first-order valence-corrected chi connectivity index (χ1v) is 8.27. The lowest BCUT2D eigenvalue weighted by Gasteiger charge is -2.08. The quantitative estimate of drug-likeness (QED) is 0.852. The van der Waals surface area contributed by atoms with Gasteiger partial charge >= 0.3 is 0 Å². The molecule has 2 aromatic carbocycles. The minimum Gasteiger partial charge on any atom is -0.326 e. The smallest absolute Gasteiger partial charge is 0.228 e. The van der Waals surface area contributed by atoms with Crippen molar-refractivity contribution in [2.75, 3.05) is 10.6 Å². The third-order valence-electron chi connectivity index (χ3n) is 3.88. The van der Waals surface area contributed by atoms with Crippen LogP contribution in [0.25, 0.3) is 0 Å². The molecule has 2 aromatic rings. The summed E-state index contributed by atoms with van der Waals surface area (Å²) in [6.45, 7) is 1.97. The molecule has 1 aliphatic carbocycles. The van der Waals surface area contributed by atoms with Crippen LogP contribution in [0.15, 0.2) is 53.0 Å². The van der Waals surface area contributed by atoms with Crippen molar-refractivity contribution in [3.05, 3.63) is 58.6 Å². The highest BCUT2D eigenvalue weighted by Gasteiger charge is 2.48. The summed E-state index contributed by atoms with van der Waals surface area (Å²) in [7, 11) is 0. The van der Waals surface area contributed by atoms with Gasteiger partial charge in [-0.05, 0) is 59.1 Å². The SMILES string of the molecule is Cc1cccc(NC(=O)C2CC2C(=O)Nc2ccccc2Br)c1. The van der Waals surface area contributed by atoms with Crippen molar-refractivity contribution in [2.24, 2.45) is 11.8 Å². The van der Waals surface area contributed by atoms with Crippen molar-refractivity contribution in [2.45, 2.75) is 13.3 Å². The van der Waals surface area contributed by atoms with Crippen molar-refractivity contribution < 1.29 is 9.59 Å². The number of benzene rings is 2. The van der Waals surface area contributed by atoms with Crippen LogP contribution in [0.5, 0.6) is 0 Å². The molecular formula is C18H17BrN2O2. The molecule has 0 bridgehead atoms. The predicted octanol–water partition coefficient (Wildman–Crippen LogP) is 3.97. The van der Waals surface area contributed by atoms with Crippen molar-refractivity contribution in [3.63, 3.8) is 0 Å². The highest BCUT2D eigenvalue weighted by atomic mass is 79.9. The van der Waals surface area contributed by atoms with Gasteiger partial charge in [0.25, 0.3) is 0 Å². The molecule has 0 radical (unpaired) electrons. The number of para-hydroxylation sites is 1. The first-order chi connectivity index (χ1) is 11.0. The van der Waals surface area contributed by atoms with Gasteiger partial charge in [-0.2, -0.15) is 0 Å². The normalized spacial score (nSPS) is 19.0. The average molecular weight is 373 g/mol. The molecule has 0 aromatic heterocycles. The lowest BCUT2D eigenvalue weighted by atomic mass is 10.2. The van der Waals surface area contributed by atoms with Crippen molar-refractivity contribution >= 4 is 39.1 Å².